The summed E-state index contributed by atoms with van der Waals surface area (Å²) >= 11 is 0. The van der Waals surface area contributed by atoms with Crippen molar-refractivity contribution in [2.75, 3.05) is 33.4 Å². The number of nitrogens with zero attached hydrogens (tertiary/aromatic N) is 1. The predicted molar refractivity (Wildman–Crippen MR) is 131 cm³/mol. The lowest BCUT2D eigenvalue weighted by Gasteiger charge is -2.12. The normalized spacial score (nSPS) is 10.9. The number of aliphatic imine (C=N–C) groups is 1. The topological polar surface area (TPSA) is 54.9 Å². The zero-order valence-corrected chi connectivity index (χ0v) is 19.9. The van der Waals surface area contributed by atoms with E-state index in [1.54, 1.807) is 7.11 Å². The van der Waals surface area contributed by atoms with E-state index in [0.29, 0.717) is 6.61 Å². The first-order valence-corrected chi connectivity index (χ1v) is 10.1. The van der Waals surface area contributed by atoms with Gasteiger partial charge in [-0.05, 0) is 43.4 Å². The van der Waals surface area contributed by atoms with Crippen molar-refractivity contribution in [3.8, 4) is 5.75 Å². The Kier molecular flexibility index (Phi) is 14.0. The standard InChI is InChI=1S/C23H33N3O2.HI/c1-3-24-23(26-17-15-21-13-7-8-14-22(21)27-2)25-16-9-10-18-28-19-20-11-5-4-6-12-20;/h4-8,11-14H,3,9-10,15-19H2,1-2H3,(H2,24,25,26);1H. The molecule has 2 aromatic carbocycles. The van der Waals surface area contributed by atoms with E-state index in [1.165, 1.54) is 11.1 Å². The second kappa shape index (κ2) is 16.0. The molecule has 0 aliphatic carbocycles. The van der Waals surface area contributed by atoms with E-state index in [1.807, 2.05) is 36.4 Å². The summed E-state index contributed by atoms with van der Waals surface area (Å²) in [5.41, 5.74) is 2.41. The van der Waals surface area contributed by atoms with Crippen LogP contribution in [-0.2, 0) is 17.8 Å². The summed E-state index contributed by atoms with van der Waals surface area (Å²) in [5, 5.41) is 6.69. The van der Waals surface area contributed by atoms with E-state index in [4.69, 9.17) is 9.47 Å². The van der Waals surface area contributed by atoms with Crippen LogP contribution in [0.2, 0.25) is 0 Å². The van der Waals surface area contributed by atoms with Gasteiger partial charge in [0, 0.05) is 26.2 Å². The minimum Gasteiger partial charge on any atom is -0.496 e. The Labute approximate surface area is 192 Å². The summed E-state index contributed by atoms with van der Waals surface area (Å²) in [6.45, 7) is 5.97. The number of ether oxygens (including phenoxy) is 2. The Bertz CT molecular complexity index is 696. The Morgan fingerprint density at radius 3 is 2.48 bits per heavy atom. The van der Waals surface area contributed by atoms with Gasteiger partial charge in [0.05, 0.1) is 13.7 Å². The fraction of sp³-hybridized carbons (Fsp3) is 0.435. The molecule has 0 spiro atoms. The summed E-state index contributed by atoms with van der Waals surface area (Å²) in [6, 6.07) is 18.4. The number of methoxy groups -OCH3 is 1. The highest BCUT2D eigenvalue weighted by atomic mass is 127. The minimum absolute atomic E-state index is 0. The second-order valence-corrected chi connectivity index (χ2v) is 6.49. The third-order valence-electron chi connectivity index (χ3n) is 4.30. The van der Waals surface area contributed by atoms with Crippen LogP contribution in [0.15, 0.2) is 59.6 Å². The van der Waals surface area contributed by atoms with Crippen molar-refractivity contribution in [3.05, 3.63) is 65.7 Å². The molecule has 160 valence electrons. The molecule has 0 radical (unpaired) electrons. The molecule has 0 aromatic heterocycles. The summed E-state index contributed by atoms with van der Waals surface area (Å²) in [5.74, 6) is 1.80. The third kappa shape index (κ3) is 10.5. The van der Waals surface area contributed by atoms with Crippen LogP contribution in [0.5, 0.6) is 5.75 Å². The zero-order valence-electron chi connectivity index (χ0n) is 17.5. The van der Waals surface area contributed by atoms with E-state index in [-0.39, 0.29) is 24.0 Å². The van der Waals surface area contributed by atoms with Gasteiger partial charge in [-0.1, -0.05) is 48.5 Å². The second-order valence-electron chi connectivity index (χ2n) is 6.49. The molecule has 2 N–H and O–H groups in total. The summed E-state index contributed by atoms with van der Waals surface area (Å²) in [4.78, 5) is 4.65. The van der Waals surface area contributed by atoms with Crippen LogP contribution in [0.25, 0.3) is 0 Å². The van der Waals surface area contributed by atoms with Crippen LogP contribution in [0.4, 0.5) is 0 Å². The highest BCUT2D eigenvalue weighted by Gasteiger charge is 2.02. The van der Waals surface area contributed by atoms with E-state index >= 15 is 0 Å². The van der Waals surface area contributed by atoms with Gasteiger partial charge in [-0.15, -0.1) is 24.0 Å². The quantitative estimate of drug-likeness (QED) is 0.192. The highest BCUT2D eigenvalue weighted by molar-refractivity contribution is 14.0. The van der Waals surface area contributed by atoms with Crippen LogP contribution >= 0.6 is 24.0 Å². The van der Waals surface area contributed by atoms with Gasteiger partial charge < -0.3 is 20.1 Å². The maximum atomic E-state index is 5.72. The van der Waals surface area contributed by atoms with E-state index in [0.717, 1.165) is 57.2 Å². The van der Waals surface area contributed by atoms with Crippen molar-refractivity contribution < 1.29 is 9.47 Å². The van der Waals surface area contributed by atoms with Gasteiger partial charge in [0.1, 0.15) is 5.75 Å². The fourth-order valence-electron chi connectivity index (χ4n) is 2.84. The summed E-state index contributed by atoms with van der Waals surface area (Å²) < 4.78 is 11.1. The number of unbranched alkanes of at least 4 members (excludes halogenated alkanes) is 1. The van der Waals surface area contributed by atoms with E-state index in [2.05, 4.69) is 40.7 Å². The number of guanidine groups is 1. The highest BCUT2D eigenvalue weighted by Crippen LogP contribution is 2.17. The molecule has 29 heavy (non-hydrogen) atoms. The monoisotopic (exact) mass is 511 g/mol. The number of rotatable bonds is 12. The maximum absolute atomic E-state index is 5.72. The number of para-hydroxylation sites is 1. The summed E-state index contributed by atoms with van der Waals surface area (Å²) in [7, 11) is 1.71. The molecular formula is C23H34IN3O2. The van der Waals surface area contributed by atoms with Crippen LogP contribution in [0.3, 0.4) is 0 Å². The van der Waals surface area contributed by atoms with Gasteiger partial charge in [0.2, 0.25) is 0 Å². The van der Waals surface area contributed by atoms with Crippen LogP contribution < -0.4 is 15.4 Å². The first kappa shape index (κ1) is 25.2. The molecule has 0 saturated carbocycles. The van der Waals surface area contributed by atoms with Crippen LogP contribution in [-0.4, -0.2) is 39.3 Å². The van der Waals surface area contributed by atoms with Crippen molar-refractivity contribution in [1.82, 2.24) is 10.6 Å². The van der Waals surface area contributed by atoms with Gasteiger partial charge in [-0.3, -0.25) is 4.99 Å². The minimum atomic E-state index is 0. The molecule has 6 heteroatoms. The smallest absolute Gasteiger partial charge is 0.191 e. The largest absolute Gasteiger partial charge is 0.496 e. The molecule has 0 saturated heterocycles. The molecule has 2 aromatic rings. The average Bonchev–Trinajstić information content (AvgIpc) is 2.74. The van der Waals surface area contributed by atoms with Gasteiger partial charge in [-0.25, -0.2) is 0 Å². The number of hydrogen-bond donors (Lipinski definition) is 2. The number of halogens is 1. The molecule has 0 heterocycles. The fourth-order valence-corrected chi connectivity index (χ4v) is 2.84. The third-order valence-corrected chi connectivity index (χ3v) is 4.30. The average molecular weight is 511 g/mol. The Morgan fingerprint density at radius 1 is 0.966 bits per heavy atom. The van der Waals surface area contributed by atoms with Crippen molar-refractivity contribution >= 4 is 29.9 Å². The number of hydrogen-bond acceptors (Lipinski definition) is 3. The molecule has 2 rings (SSSR count). The van der Waals surface area contributed by atoms with Crippen molar-refractivity contribution in [2.45, 2.75) is 32.8 Å². The molecule has 0 aliphatic heterocycles. The van der Waals surface area contributed by atoms with Crippen LogP contribution in [0, 0.1) is 0 Å². The lowest BCUT2D eigenvalue weighted by atomic mass is 10.1. The van der Waals surface area contributed by atoms with E-state index < -0.39 is 0 Å². The Morgan fingerprint density at radius 2 is 1.72 bits per heavy atom. The molecule has 0 atom stereocenters. The van der Waals surface area contributed by atoms with Gasteiger partial charge in [0.15, 0.2) is 5.96 Å². The van der Waals surface area contributed by atoms with Crippen molar-refractivity contribution in [2.24, 2.45) is 4.99 Å². The van der Waals surface area contributed by atoms with Gasteiger partial charge in [0.25, 0.3) is 0 Å². The zero-order chi connectivity index (χ0) is 19.9. The summed E-state index contributed by atoms with van der Waals surface area (Å²) in [6.07, 6.45) is 2.91. The molecule has 5 nitrogen and oxygen atoms in total. The SMILES string of the molecule is CCNC(=NCCCCOCc1ccccc1)NCCc1ccccc1OC.I. The van der Waals surface area contributed by atoms with Crippen LogP contribution in [0.1, 0.15) is 30.9 Å². The van der Waals surface area contributed by atoms with E-state index in [9.17, 15) is 0 Å². The Balaban J connectivity index is 0.00000420. The first-order chi connectivity index (χ1) is 13.8. The first-order valence-electron chi connectivity index (χ1n) is 10.1. The molecule has 0 bridgehead atoms. The van der Waals surface area contributed by atoms with Gasteiger partial charge in [-0.2, -0.15) is 0 Å². The molecular weight excluding hydrogens is 477 g/mol. The van der Waals surface area contributed by atoms with Gasteiger partial charge >= 0.3 is 0 Å². The lowest BCUT2D eigenvalue weighted by Crippen LogP contribution is -2.38. The van der Waals surface area contributed by atoms with Crippen molar-refractivity contribution in [1.29, 1.82) is 0 Å². The molecule has 0 unspecified atom stereocenters. The molecule has 0 aliphatic rings. The van der Waals surface area contributed by atoms with Crippen molar-refractivity contribution in [3.63, 3.8) is 0 Å². The number of nitrogens with one attached hydrogen (secondary N) is 2. The molecule has 0 fully saturated rings. The predicted octanol–water partition coefficient (Wildman–Crippen LogP) is 4.41. The Hall–Kier alpha value is -1.80. The molecule has 0 amide bonds. The number of benzene rings is 2. The lowest BCUT2D eigenvalue weighted by molar-refractivity contribution is 0.117. The maximum Gasteiger partial charge on any atom is 0.191 e.